The van der Waals surface area contributed by atoms with Crippen LogP contribution in [0, 0.1) is 5.41 Å². The highest BCUT2D eigenvalue weighted by molar-refractivity contribution is 5.38. The number of aliphatic hydroxyl groups is 1. The topological polar surface area (TPSA) is 20.2 Å². The normalized spacial score (nSPS) is 18.8. The zero-order chi connectivity index (χ0) is 9.35. The van der Waals surface area contributed by atoms with E-state index in [0.29, 0.717) is 5.76 Å². The highest BCUT2D eigenvalue weighted by Crippen LogP contribution is 2.34. The molecule has 1 nitrogen and oxygen atoms in total. The van der Waals surface area contributed by atoms with Crippen molar-refractivity contribution in [3.63, 3.8) is 0 Å². The Morgan fingerprint density at radius 1 is 1.33 bits per heavy atom. The van der Waals surface area contributed by atoms with Crippen LogP contribution in [0.4, 0.5) is 0 Å². The second-order valence-corrected chi connectivity index (χ2v) is 4.28. The predicted molar refractivity (Wildman–Crippen MR) is 52.0 cm³/mol. The van der Waals surface area contributed by atoms with E-state index in [-0.39, 0.29) is 5.41 Å². The Bertz CT molecular complexity index is 261. The van der Waals surface area contributed by atoms with E-state index < -0.39 is 0 Å². The molecule has 0 saturated heterocycles. The van der Waals surface area contributed by atoms with Crippen LogP contribution >= 0.6 is 0 Å². The number of hydrogen-bond donors (Lipinski definition) is 1. The molecule has 0 fully saturated rings. The first-order chi connectivity index (χ1) is 5.41. The number of rotatable bonds is 0. The van der Waals surface area contributed by atoms with Crippen molar-refractivity contribution in [2.24, 2.45) is 5.41 Å². The third kappa shape index (κ3) is 1.79. The molecule has 0 aromatic rings. The van der Waals surface area contributed by atoms with Gasteiger partial charge in [0.1, 0.15) is 5.76 Å². The maximum absolute atomic E-state index is 9.57. The highest BCUT2D eigenvalue weighted by Gasteiger charge is 2.22. The van der Waals surface area contributed by atoms with Gasteiger partial charge in [-0.15, -0.1) is 0 Å². The van der Waals surface area contributed by atoms with Crippen LogP contribution in [0.2, 0.25) is 0 Å². The van der Waals surface area contributed by atoms with E-state index in [1.165, 1.54) is 0 Å². The molecule has 0 bridgehead atoms. The van der Waals surface area contributed by atoms with E-state index in [1.807, 2.05) is 6.08 Å². The van der Waals surface area contributed by atoms with Crippen molar-refractivity contribution in [2.45, 2.75) is 27.2 Å². The highest BCUT2D eigenvalue weighted by atomic mass is 16.3. The Morgan fingerprint density at radius 2 is 1.92 bits per heavy atom. The van der Waals surface area contributed by atoms with E-state index >= 15 is 0 Å². The SMILES string of the molecule is C=C1C=CC(O)=C(C(C)(C)C)C1. The molecule has 0 radical (unpaired) electrons. The first-order valence-electron chi connectivity index (χ1n) is 4.19. The van der Waals surface area contributed by atoms with Gasteiger partial charge in [0.2, 0.25) is 0 Å². The fourth-order valence-electron chi connectivity index (χ4n) is 1.32. The summed E-state index contributed by atoms with van der Waals surface area (Å²) >= 11 is 0. The Balaban J connectivity index is 3.02. The van der Waals surface area contributed by atoms with Crippen molar-refractivity contribution in [1.29, 1.82) is 0 Å². The van der Waals surface area contributed by atoms with E-state index in [9.17, 15) is 5.11 Å². The zero-order valence-electron chi connectivity index (χ0n) is 8.02. The first kappa shape index (κ1) is 9.11. The minimum absolute atomic E-state index is 0.0395. The van der Waals surface area contributed by atoms with E-state index in [4.69, 9.17) is 0 Å². The molecule has 0 spiro atoms. The van der Waals surface area contributed by atoms with Crippen LogP contribution in [0.5, 0.6) is 0 Å². The molecule has 0 unspecified atom stereocenters. The molecule has 0 amide bonds. The van der Waals surface area contributed by atoms with E-state index in [1.54, 1.807) is 6.08 Å². The summed E-state index contributed by atoms with van der Waals surface area (Å²) in [6.07, 6.45) is 4.39. The monoisotopic (exact) mass is 164 g/mol. The van der Waals surface area contributed by atoms with Crippen LogP contribution in [0.1, 0.15) is 27.2 Å². The largest absolute Gasteiger partial charge is 0.508 e. The summed E-state index contributed by atoms with van der Waals surface area (Å²) in [5.41, 5.74) is 2.19. The molecule has 12 heavy (non-hydrogen) atoms. The van der Waals surface area contributed by atoms with E-state index in [2.05, 4.69) is 27.4 Å². The van der Waals surface area contributed by atoms with Gasteiger partial charge in [0.25, 0.3) is 0 Å². The number of aliphatic hydroxyl groups excluding tert-OH is 1. The average molecular weight is 164 g/mol. The van der Waals surface area contributed by atoms with Gasteiger partial charge in [0, 0.05) is 0 Å². The molecule has 66 valence electrons. The lowest BCUT2D eigenvalue weighted by molar-refractivity contribution is 0.383. The van der Waals surface area contributed by atoms with Gasteiger partial charge in [-0.25, -0.2) is 0 Å². The van der Waals surface area contributed by atoms with Crippen LogP contribution in [0.3, 0.4) is 0 Å². The zero-order valence-corrected chi connectivity index (χ0v) is 8.02. The molecule has 0 atom stereocenters. The minimum atomic E-state index is 0.0395. The molecule has 0 aliphatic heterocycles. The van der Waals surface area contributed by atoms with Gasteiger partial charge in [-0.05, 0) is 23.5 Å². The quantitative estimate of drug-likeness (QED) is 0.582. The predicted octanol–water partition coefficient (Wildman–Crippen LogP) is 3.36. The van der Waals surface area contributed by atoms with Crippen molar-refractivity contribution in [2.75, 3.05) is 0 Å². The van der Waals surface area contributed by atoms with Crippen molar-refractivity contribution >= 4 is 0 Å². The first-order valence-corrected chi connectivity index (χ1v) is 4.19. The lowest BCUT2D eigenvalue weighted by Crippen LogP contribution is -2.13. The lowest BCUT2D eigenvalue weighted by Gasteiger charge is -2.26. The molecular formula is C11H16O. The molecule has 0 saturated carbocycles. The summed E-state index contributed by atoms with van der Waals surface area (Å²) < 4.78 is 0. The second kappa shape index (κ2) is 2.81. The average Bonchev–Trinajstić information content (AvgIpc) is 1.92. The van der Waals surface area contributed by atoms with Crippen LogP contribution in [0.15, 0.2) is 35.6 Å². The summed E-state index contributed by atoms with van der Waals surface area (Å²) in [6.45, 7) is 10.2. The van der Waals surface area contributed by atoms with Crippen LogP contribution in [-0.4, -0.2) is 5.11 Å². The van der Waals surface area contributed by atoms with Gasteiger partial charge >= 0.3 is 0 Å². The second-order valence-electron chi connectivity index (χ2n) is 4.28. The van der Waals surface area contributed by atoms with Gasteiger partial charge in [-0.2, -0.15) is 0 Å². The summed E-state index contributed by atoms with van der Waals surface area (Å²) in [7, 11) is 0. The molecule has 1 aliphatic rings. The van der Waals surface area contributed by atoms with Crippen molar-refractivity contribution < 1.29 is 5.11 Å². The molecule has 1 N–H and O–H groups in total. The van der Waals surface area contributed by atoms with Gasteiger partial charge in [-0.1, -0.05) is 39.0 Å². The molecule has 0 aromatic carbocycles. The molecular weight excluding hydrogens is 148 g/mol. The third-order valence-electron chi connectivity index (χ3n) is 2.10. The van der Waals surface area contributed by atoms with Crippen molar-refractivity contribution in [1.82, 2.24) is 0 Å². The summed E-state index contributed by atoms with van der Waals surface area (Å²) in [6, 6.07) is 0. The molecule has 0 heterocycles. The molecule has 1 aliphatic carbocycles. The van der Waals surface area contributed by atoms with Crippen molar-refractivity contribution in [3.8, 4) is 0 Å². The summed E-state index contributed by atoms with van der Waals surface area (Å²) in [5, 5.41) is 9.57. The Labute approximate surface area is 74.1 Å². The maximum atomic E-state index is 9.57. The minimum Gasteiger partial charge on any atom is -0.508 e. The third-order valence-corrected chi connectivity index (χ3v) is 2.10. The van der Waals surface area contributed by atoms with Crippen LogP contribution in [-0.2, 0) is 0 Å². The maximum Gasteiger partial charge on any atom is 0.115 e. The lowest BCUT2D eigenvalue weighted by atomic mass is 9.80. The Morgan fingerprint density at radius 3 is 2.33 bits per heavy atom. The smallest absolute Gasteiger partial charge is 0.115 e. The standard InChI is InChI=1S/C11H16O/c1-8-5-6-10(12)9(7-8)11(2,3)4/h5-6,12H,1,7H2,2-4H3. The summed E-state index contributed by atoms with van der Waals surface area (Å²) in [4.78, 5) is 0. The fourth-order valence-corrected chi connectivity index (χ4v) is 1.32. The van der Waals surface area contributed by atoms with Crippen LogP contribution in [0.25, 0.3) is 0 Å². The molecule has 1 rings (SSSR count). The fraction of sp³-hybridized carbons (Fsp3) is 0.455. The van der Waals surface area contributed by atoms with Gasteiger partial charge in [0.15, 0.2) is 0 Å². The molecule has 0 aromatic heterocycles. The Kier molecular flexibility index (Phi) is 2.14. The molecule has 1 heteroatoms. The number of hydrogen-bond acceptors (Lipinski definition) is 1. The number of allylic oxidation sites excluding steroid dienone is 4. The van der Waals surface area contributed by atoms with Gasteiger partial charge < -0.3 is 5.11 Å². The van der Waals surface area contributed by atoms with Gasteiger partial charge in [-0.3, -0.25) is 0 Å². The van der Waals surface area contributed by atoms with E-state index in [0.717, 1.165) is 17.6 Å². The van der Waals surface area contributed by atoms with Gasteiger partial charge in [0.05, 0.1) is 0 Å². The summed E-state index contributed by atoms with van der Waals surface area (Å²) in [5.74, 6) is 0.412. The van der Waals surface area contributed by atoms with Crippen LogP contribution < -0.4 is 0 Å². The Hall–Kier alpha value is -0.980. The van der Waals surface area contributed by atoms with Crippen molar-refractivity contribution in [3.05, 3.63) is 35.6 Å².